The second kappa shape index (κ2) is 8.17. The van der Waals surface area contributed by atoms with Crippen molar-refractivity contribution in [3.63, 3.8) is 0 Å². The molecular weight excluding hydrogens is 372 g/mol. The molecule has 6 nitrogen and oxygen atoms in total. The third-order valence-corrected chi connectivity index (χ3v) is 4.77. The van der Waals surface area contributed by atoms with Gasteiger partial charge in [-0.1, -0.05) is 23.9 Å². The summed E-state index contributed by atoms with van der Waals surface area (Å²) in [6.07, 6.45) is 0. The van der Waals surface area contributed by atoms with E-state index < -0.39 is 0 Å². The van der Waals surface area contributed by atoms with Crippen LogP contribution in [0.2, 0.25) is 0 Å². The molecular formula is C18H17F2N5OS. The monoisotopic (exact) mass is 389 g/mol. The molecule has 3 aromatic rings. The number of hydrogen-bond donors (Lipinski definition) is 2. The van der Waals surface area contributed by atoms with E-state index in [1.807, 2.05) is 0 Å². The van der Waals surface area contributed by atoms with Gasteiger partial charge in [0.05, 0.1) is 5.75 Å². The van der Waals surface area contributed by atoms with Gasteiger partial charge in [0.25, 0.3) is 0 Å². The van der Waals surface area contributed by atoms with Gasteiger partial charge in [0.1, 0.15) is 11.6 Å². The van der Waals surface area contributed by atoms with Crippen LogP contribution >= 0.6 is 11.8 Å². The van der Waals surface area contributed by atoms with Crippen molar-refractivity contribution in [3.8, 4) is 11.4 Å². The summed E-state index contributed by atoms with van der Waals surface area (Å²) in [6, 6.07) is 10.5. The number of thioether (sulfide) groups is 1. The molecule has 3 N–H and O–H groups in total. The van der Waals surface area contributed by atoms with E-state index >= 15 is 0 Å². The molecule has 0 fully saturated rings. The molecule has 0 atom stereocenters. The van der Waals surface area contributed by atoms with E-state index in [-0.39, 0.29) is 29.8 Å². The second-order valence-corrected chi connectivity index (χ2v) is 6.77. The Morgan fingerprint density at radius 3 is 2.63 bits per heavy atom. The molecule has 0 bridgehead atoms. The summed E-state index contributed by atoms with van der Waals surface area (Å²) in [5.74, 6) is 5.50. The first-order valence-corrected chi connectivity index (χ1v) is 9.03. The highest BCUT2D eigenvalue weighted by Crippen LogP contribution is 2.21. The zero-order chi connectivity index (χ0) is 19.4. The molecule has 3 rings (SSSR count). The highest BCUT2D eigenvalue weighted by Gasteiger charge is 2.14. The van der Waals surface area contributed by atoms with E-state index in [0.717, 1.165) is 11.8 Å². The van der Waals surface area contributed by atoms with Crippen LogP contribution in [-0.4, -0.2) is 26.5 Å². The van der Waals surface area contributed by atoms with Gasteiger partial charge in [-0.3, -0.25) is 4.79 Å². The van der Waals surface area contributed by atoms with Gasteiger partial charge in [0, 0.05) is 12.1 Å². The molecule has 1 amide bonds. The molecule has 1 heterocycles. The van der Waals surface area contributed by atoms with Gasteiger partial charge in [-0.05, 0) is 48.4 Å². The summed E-state index contributed by atoms with van der Waals surface area (Å²) in [7, 11) is 0. The first-order valence-electron chi connectivity index (χ1n) is 8.05. The summed E-state index contributed by atoms with van der Waals surface area (Å²) < 4.78 is 27.8. The van der Waals surface area contributed by atoms with Gasteiger partial charge in [0.15, 0.2) is 5.82 Å². The van der Waals surface area contributed by atoms with Crippen LogP contribution in [0.15, 0.2) is 47.6 Å². The van der Waals surface area contributed by atoms with Crippen LogP contribution in [0.5, 0.6) is 0 Å². The number of nitrogen functional groups attached to an aromatic ring is 1. The summed E-state index contributed by atoms with van der Waals surface area (Å²) in [5.41, 5.74) is 1.85. The molecule has 2 aromatic carbocycles. The van der Waals surface area contributed by atoms with Crippen molar-refractivity contribution in [1.82, 2.24) is 20.2 Å². The quantitative estimate of drug-likeness (QED) is 0.500. The normalized spacial score (nSPS) is 10.8. The molecule has 0 aliphatic rings. The third-order valence-electron chi connectivity index (χ3n) is 3.83. The number of halogens is 2. The van der Waals surface area contributed by atoms with Crippen LogP contribution in [0.1, 0.15) is 11.1 Å². The van der Waals surface area contributed by atoms with Crippen LogP contribution in [0.4, 0.5) is 8.78 Å². The lowest BCUT2D eigenvalue weighted by atomic mass is 10.1. The van der Waals surface area contributed by atoms with Crippen molar-refractivity contribution in [2.75, 3.05) is 11.6 Å². The fraction of sp³-hybridized carbons (Fsp3) is 0.167. The number of nitrogens with zero attached hydrogens (tertiary/aromatic N) is 3. The van der Waals surface area contributed by atoms with Crippen LogP contribution in [-0.2, 0) is 11.3 Å². The van der Waals surface area contributed by atoms with E-state index in [1.54, 1.807) is 31.2 Å². The molecule has 0 saturated carbocycles. The number of rotatable bonds is 6. The van der Waals surface area contributed by atoms with Crippen molar-refractivity contribution in [1.29, 1.82) is 0 Å². The summed E-state index contributed by atoms with van der Waals surface area (Å²) in [6.45, 7) is 1.91. The molecule has 0 radical (unpaired) electrons. The number of aromatic nitrogens is 3. The average molecular weight is 389 g/mol. The Morgan fingerprint density at radius 2 is 1.93 bits per heavy atom. The van der Waals surface area contributed by atoms with Crippen LogP contribution in [0.25, 0.3) is 11.4 Å². The van der Waals surface area contributed by atoms with Gasteiger partial charge in [-0.15, -0.1) is 10.2 Å². The minimum absolute atomic E-state index is 0.0765. The van der Waals surface area contributed by atoms with Crippen molar-refractivity contribution >= 4 is 17.7 Å². The van der Waals surface area contributed by atoms with Crippen LogP contribution in [0.3, 0.4) is 0 Å². The van der Waals surface area contributed by atoms with Crippen molar-refractivity contribution in [2.24, 2.45) is 0 Å². The van der Waals surface area contributed by atoms with Crippen molar-refractivity contribution in [2.45, 2.75) is 18.6 Å². The van der Waals surface area contributed by atoms with Gasteiger partial charge in [-0.25, -0.2) is 13.5 Å². The number of carbonyl (C=O) groups is 1. The molecule has 27 heavy (non-hydrogen) atoms. The molecule has 0 spiro atoms. The SMILES string of the molecule is Cc1ccc(CNC(=O)CSc2nnc(-c3ccc(F)cc3)n2N)cc1F. The Labute approximate surface area is 158 Å². The van der Waals surface area contributed by atoms with Gasteiger partial charge in [-0.2, -0.15) is 0 Å². The fourth-order valence-electron chi connectivity index (χ4n) is 2.30. The Balaban J connectivity index is 1.56. The number of aryl methyl sites for hydroxylation is 1. The van der Waals surface area contributed by atoms with Gasteiger partial charge in [0.2, 0.25) is 11.1 Å². The topological polar surface area (TPSA) is 85.8 Å². The van der Waals surface area contributed by atoms with E-state index in [9.17, 15) is 13.6 Å². The Bertz CT molecular complexity index is 959. The molecule has 0 unspecified atom stereocenters. The number of nitrogens with two attached hydrogens (primary N) is 1. The summed E-state index contributed by atoms with van der Waals surface area (Å²) >= 11 is 1.12. The predicted molar refractivity (Wildman–Crippen MR) is 99.3 cm³/mol. The van der Waals surface area contributed by atoms with Crippen molar-refractivity contribution in [3.05, 3.63) is 65.2 Å². The number of hydrogen-bond acceptors (Lipinski definition) is 5. The zero-order valence-corrected chi connectivity index (χ0v) is 15.3. The van der Waals surface area contributed by atoms with Gasteiger partial charge >= 0.3 is 0 Å². The van der Waals surface area contributed by atoms with E-state index in [4.69, 9.17) is 5.84 Å². The van der Waals surface area contributed by atoms with Crippen LogP contribution < -0.4 is 11.2 Å². The largest absolute Gasteiger partial charge is 0.351 e. The number of benzene rings is 2. The predicted octanol–water partition coefficient (Wildman–Crippen LogP) is 2.65. The molecule has 9 heteroatoms. The first kappa shape index (κ1) is 18.8. The average Bonchev–Trinajstić information content (AvgIpc) is 3.02. The lowest BCUT2D eigenvalue weighted by molar-refractivity contribution is -0.118. The standard InChI is InChI=1S/C18H17F2N5OS/c1-11-2-3-12(8-15(11)20)9-22-16(26)10-27-18-24-23-17(25(18)21)13-4-6-14(19)7-5-13/h2-8H,9-10,21H2,1H3,(H,22,26). The minimum Gasteiger partial charge on any atom is -0.351 e. The lowest BCUT2D eigenvalue weighted by Crippen LogP contribution is -2.25. The Hall–Kier alpha value is -2.94. The maximum atomic E-state index is 13.5. The molecule has 0 aliphatic heterocycles. The maximum Gasteiger partial charge on any atom is 0.230 e. The number of carbonyl (C=O) groups excluding carboxylic acids is 1. The highest BCUT2D eigenvalue weighted by atomic mass is 32.2. The van der Waals surface area contributed by atoms with Gasteiger partial charge < -0.3 is 11.2 Å². The molecule has 1 aromatic heterocycles. The van der Waals surface area contributed by atoms with E-state index in [2.05, 4.69) is 15.5 Å². The lowest BCUT2D eigenvalue weighted by Gasteiger charge is -2.07. The maximum absolute atomic E-state index is 13.5. The second-order valence-electron chi connectivity index (χ2n) is 5.83. The zero-order valence-electron chi connectivity index (χ0n) is 14.4. The van der Waals surface area contributed by atoms with E-state index in [0.29, 0.717) is 27.7 Å². The van der Waals surface area contributed by atoms with E-state index in [1.165, 1.54) is 22.9 Å². The minimum atomic E-state index is -0.360. The summed E-state index contributed by atoms with van der Waals surface area (Å²) in [5, 5.41) is 11.0. The summed E-state index contributed by atoms with van der Waals surface area (Å²) in [4.78, 5) is 12.0. The third kappa shape index (κ3) is 4.62. The molecule has 0 saturated heterocycles. The van der Waals surface area contributed by atoms with Crippen LogP contribution in [0, 0.1) is 18.6 Å². The first-order chi connectivity index (χ1) is 12.9. The fourth-order valence-corrected chi connectivity index (χ4v) is 2.99. The molecule has 140 valence electrons. The molecule has 0 aliphatic carbocycles. The highest BCUT2D eigenvalue weighted by molar-refractivity contribution is 7.99. The van der Waals surface area contributed by atoms with Crippen molar-refractivity contribution < 1.29 is 13.6 Å². The Morgan fingerprint density at radius 1 is 1.19 bits per heavy atom. The number of nitrogens with one attached hydrogen (secondary N) is 1. The smallest absolute Gasteiger partial charge is 0.230 e. The number of amides is 1. The Kier molecular flexibility index (Phi) is 5.70.